The first-order valence-corrected chi connectivity index (χ1v) is 7.08. The van der Waals surface area contributed by atoms with Gasteiger partial charge in [0.1, 0.15) is 11.9 Å². The highest BCUT2D eigenvalue weighted by molar-refractivity contribution is 5.38. The minimum atomic E-state index is -4.59. The molecule has 2 rings (SSSR count). The van der Waals surface area contributed by atoms with Gasteiger partial charge in [0, 0.05) is 13.1 Å². The largest absolute Gasteiger partial charge is 0.474 e. The number of rotatable bonds is 3. The Balaban J connectivity index is 2.19. The molecule has 0 bridgehead atoms. The van der Waals surface area contributed by atoms with Crippen LogP contribution in [0.4, 0.5) is 19.0 Å². The third-order valence-corrected chi connectivity index (χ3v) is 3.64. The normalized spacial score (nSPS) is 26.5. The number of halogens is 3. The predicted octanol–water partition coefficient (Wildman–Crippen LogP) is 3.74. The Bertz CT molecular complexity index is 483. The summed E-state index contributed by atoms with van der Waals surface area (Å²) < 4.78 is 44.0. The van der Waals surface area contributed by atoms with Gasteiger partial charge in [0.25, 0.3) is 0 Å². The molecule has 1 heterocycles. The average molecular weight is 303 g/mol. The van der Waals surface area contributed by atoms with E-state index >= 15 is 0 Å². The fraction of sp³-hybridized carbons (Fsp3) is 0.714. The SMILES string of the molecule is CNc1cc(OC2CC(C)CC(C)C2)nc(C(F)(F)F)n1. The summed E-state index contributed by atoms with van der Waals surface area (Å²) in [6, 6.07) is 1.40. The maximum absolute atomic E-state index is 12.8. The van der Waals surface area contributed by atoms with E-state index in [1.165, 1.54) is 13.1 Å². The molecule has 2 unspecified atom stereocenters. The minimum Gasteiger partial charge on any atom is -0.474 e. The molecule has 0 amide bonds. The first kappa shape index (κ1) is 15.9. The van der Waals surface area contributed by atoms with E-state index in [2.05, 4.69) is 29.1 Å². The van der Waals surface area contributed by atoms with Gasteiger partial charge in [0.05, 0.1) is 0 Å². The van der Waals surface area contributed by atoms with Gasteiger partial charge in [-0.15, -0.1) is 0 Å². The van der Waals surface area contributed by atoms with Crippen molar-refractivity contribution in [2.75, 3.05) is 12.4 Å². The number of hydrogen-bond donors (Lipinski definition) is 1. The number of ether oxygens (including phenoxy) is 1. The summed E-state index contributed by atoms with van der Waals surface area (Å²) in [6.07, 6.45) is -1.88. The molecule has 0 saturated heterocycles. The van der Waals surface area contributed by atoms with Crippen molar-refractivity contribution in [3.8, 4) is 5.88 Å². The molecule has 1 aliphatic rings. The van der Waals surface area contributed by atoms with Crippen molar-refractivity contribution in [1.29, 1.82) is 0 Å². The molecular formula is C14H20F3N3O. The van der Waals surface area contributed by atoms with Crippen LogP contribution in [0, 0.1) is 11.8 Å². The minimum absolute atomic E-state index is 0.0204. The summed E-state index contributed by atoms with van der Waals surface area (Å²) >= 11 is 0. The van der Waals surface area contributed by atoms with Gasteiger partial charge in [-0.2, -0.15) is 18.2 Å². The molecule has 2 atom stereocenters. The zero-order chi connectivity index (χ0) is 15.6. The lowest BCUT2D eigenvalue weighted by atomic mass is 9.82. The van der Waals surface area contributed by atoms with Crippen molar-refractivity contribution in [1.82, 2.24) is 9.97 Å². The lowest BCUT2D eigenvalue weighted by Gasteiger charge is -2.31. The first-order valence-electron chi connectivity index (χ1n) is 7.08. The van der Waals surface area contributed by atoms with Crippen LogP contribution in [0.1, 0.15) is 38.9 Å². The highest BCUT2D eigenvalue weighted by atomic mass is 19.4. The molecule has 1 N–H and O–H groups in total. The highest BCUT2D eigenvalue weighted by Crippen LogP contribution is 2.33. The van der Waals surface area contributed by atoms with Crippen molar-refractivity contribution in [2.45, 2.75) is 45.4 Å². The molecule has 0 spiro atoms. The monoisotopic (exact) mass is 303 g/mol. The van der Waals surface area contributed by atoms with Crippen molar-refractivity contribution in [3.05, 3.63) is 11.9 Å². The van der Waals surface area contributed by atoms with Crippen LogP contribution in [0.2, 0.25) is 0 Å². The van der Waals surface area contributed by atoms with E-state index in [9.17, 15) is 13.2 Å². The average Bonchev–Trinajstić information content (AvgIpc) is 2.36. The third-order valence-electron chi connectivity index (χ3n) is 3.64. The van der Waals surface area contributed by atoms with E-state index in [-0.39, 0.29) is 17.8 Å². The van der Waals surface area contributed by atoms with Crippen LogP contribution in [0.25, 0.3) is 0 Å². The molecule has 7 heteroatoms. The smallest absolute Gasteiger partial charge is 0.451 e. The summed E-state index contributed by atoms with van der Waals surface area (Å²) in [5, 5.41) is 2.60. The van der Waals surface area contributed by atoms with Gasteiger partial charge in [0.2, 0.25) is 11.7 Å². The van der Waals surface area contributed by atoms with E-state index in [1.807, 2.05) is 0 Å². The lowest BCUT2D eigenvalue weighted by molar-refractivity contribution is -0.145. The van der Waals surface area contributed by atoms with E-state index in [1.54, 1.807) is 0 Å². The number of alkyl halides is 3. The summed E-state index contributed by atoms with van der Waals surface area (Å²) in [5.74, 6) is -0.0867. The van der Waals surface area contributed by atoms with E-state index < -0.39 is 12.0 Å². The van der Waals surface area contributed by atoms with Gasteiger partial charge in [-0.25, -0.2) is 4.98 Å². The van der Waals surface area contributed by atoms with Crippen LogP contribution >= 0.6 is 0 Å². The molecular weight excluding hydrogens is 283 g/mol. The van der Waals surface area contributed by atoms with Crippen molar-refractivity contribution in [3.63, 3.8) is 0 Å². The Labute approximate surface area is 122 Å². The summed E-state index contributed by atoms with van der Waals surface area (Å²) in [5.41, 5.74) is 0. The van der Waals surface area contributed by atoms with Gasteiger partial charge in [-0.05, 0) is 31.1 Å². The Morgan fingerprint density at radius 3 is 2.29 bits per heavy atom. The second-order valence-electron chi connectivity index (χ2n) is 5.82. The fourth-order valence-corrected chi connectivity index (χ4v) is 2.88. The molecule has 0 radical (unpaired) electrons. The van der Waals surface area contributed by atoms with Gasteiger partial charge in [-0.3, -0.25) is 0 Å². The van der Waals surface area contributed by atoms with Gasteiger partial charge in [0.15, 0.2) is 0 Å². The van der Waals surface area contributed by atoms with E-state index in [0.29, 0.717) is 11.8 Å². The molecule has 1 aliphatic carbocycles. The maximum Gasteiger partial charge on any atom is 0.451 e. The number of hydrogen-bond acceptors (Lipinski definition) is 4. The predicted molar refractivity (Wildman–Crippen MR) is 73.2 cm³/mol. The van der Waals surface area contributed by atoms with Crippen LogP contribution in [-0.2, 0) is 6.18 Å². The standard InChI is InChI=1S/C14H20F3N3O/c1-8-4-9(2)6-10(5-8)21-12-7-11(18-3)19-13(20-12)14(15,16)17/h7-10H,4-6H2,1-3H3,(H,18,19,20). The van der Waals surface area contributed by atoms with Crippen LogP contribution in [0.15, 0.2) is 6.07 Å². The van der Waals surface area contributed by atoms with Crippen LogP contribution < -0.4 is 10.1 Å². The molecule has 0 aromatic carbocycles. The van der Waals surface area contributed by atoms with Gasteiger partial charge in [-0.1, -0.05) is 13.8 Å². The Morgan fingerprint density at radius 1 is 1.14 bits per heavy atom. The molecule has 118 valence electrons. The topological polar surface area (TPSA) is 47.0 Å². The number of anilines is 1. The number of nitrogens with one attached hydrogen (secondary N) is 1. The summed E-state index contributed by atoms with van der Waals surface area (Å²) in [4.78, 5) is 6.92. The second-order valence-corrected chi connectivity index (χ2v) is 5.82. The first-order chi connectivity index (χ1) is 9.77. The van der Waals surface area contributed by atoms with Crippen molar-refractivity contribution in [2.24, 2.45) is 11.8 Å². The third kappa shape index (κ3) is 4.22. The zero-order valence-electron chi connectivity index (χ0n) is 12.4. The number of nitrogens with zero attached hydrogens (tertiary/aromatic N) is 2. The molecule has 0 aliphatic heterocycles. The van der Waals surface area contributed by atoms with Crippen LogP contribution in [0.3, 0.4) is 0 Å². The molecule has 1 saturated carbocycles. The highest BCUT2D eigenvalue weighted by Gasteiger charge is 2.36. The molecule has 1 aromatic rings. The van der Waals surface area contributed by atoms with Gasteiger partial charge >= 0.3 is 6.18 Å². The molecule has 4 nitrogen and oxygen atoms in total. The van der Waals surface area contributed by atoms with Crippen LogP contribution in [-0.4, -0.2) is 23.1 Å². The quantitative estimate of drug-likeness (QED) is 0.924. The Morgan fingerprint density at radius 2 is 1.76 bits per heavy atom. The van der Waals surface area contributed by atoms with Crippen LogP contribution in [0.5, 0.6) is 5.88 Å². The maximum atomic E-state index is 12.8. The molecule has 1 aromatic heterocycles. The fourth-order valence-electron chi connectivity index (χ4n) is 2.88. The number of aromatic nitrogens is 2. The van der Waals surface area contributed by atoms with Gasteiger partial charge < -0.3 is 10.1 Å². The Kier molecular flexibility index (Phi) is 4.58. The zero-order valence-corrected chi connectivity index (χ0v) is 12.4. The Hall–Kier alpha value is -1.53. The summed E-state index contributed by atoms with van der Waals surface area (Å²) in [7, 11) is 1.51. The van der Waals surface area contributed by atoms with Crippen molar-refractivity contribution >= 4 is 5.82 Å². The van der Waals surface area contributed by atoms with E-state index in [4.69, 9.17) is 4.74 Å². The molecule has 21 heavy (non-hydrogen) atoms. The summed E-state index contributed by atoms with van der Waals surface area (Å²) in [6.45, 7) is 4.26. The second kappa shape index (κ2) is 6.07. The van der Waals surface area contributed by atoms with Crippen molar-refractivity contribution < 1.29 is 17.9 Å². The van der Waals surface area contributed by atoms with E-state index in [0.717, 1.165) is 19.3 Å². The molecule has 1 fully saturated rings. The lowest BCUT2D eigenvalue weighted by Crippen LogP contribution is -2.29.